The average Bonchev–Trinajstić information content (AvgIpc) is 3.25. The van der Waals surface area contributed by atoms with Gasteiger partial charge in [-0.05, 0) is 34.5 Å². The van der Waals surface area contributed by atoms with Crippen LogP contribution in [-0.4, -0.2) is 33.0 Å². The number of fused-ring (bicyclic) bond motifs is 1. The van der Waals surface area contributed by atoms with Crippen LogP contribution in [0.5, 0.6) is 17.2 Å². The van der Waals surface area contributed by atoms with Crippen LogP contribution >= 0.6 is 35.3 Å². The predicted octanol–water partition coefficient (Wildman–Crippen LogP) is 2.84. The third-order valence-corrected chi connectivity index (χ3v) is 4.00. The molecule has 0 radical (unpaired) electrons. The van der Waals surface area contributed by atoms with E-state index in [1.165, 1.54) is 5.56 Å². The molecule has 1 aromatic heterocycles. The molecule has 0 aliphatic carbocycles. The molecule has 1 aliphatic heterocycles. The maximum atomic E-state index is 5.70. The summed E-state index contributed by atoms with van der Waals surface area (Å²) in [6.07, 6.45) is 0. The molecule has 2 N–H and O–H groups in total. The lowest BCUT2D eigenvalue weighted by atomic mass is 10.3. The van der Waals surface area contributed by atoms with Gasteiger partial charge < -0.3 is 24.8 Å². The molecule has 0 saturated carbocycles. The first-order chi connectivity index (χ1) is 11.3. The van der Waals surface area contributed by atoms with E-state index >= 15 is 0 Å². The van der Waals surface area contributed by atoms with Crippen LogP contribution in [-0.2, 0) is 6.54 Å². The van der Waals surface area contributed by atoms with Crippen LogP contribution in [0.2, 0.25) is 0 Å². The van der Waals surface area contributed by atoms with Gasteiger partial charge in [0, 0.05) is 19.7 Å². The number of benzene rings is 1. The lowest BCUT2D eigenvalue weighted by Crippen LogP contribution is -2.38. The number of thiophene rings is 1. The van der Waals surface area contributed by atoms with Crippen molar-refractivity contribution in [3.63, 3.8) is 0 Å². The molecule has 0 fully saturated rings. The Morgan fingerprint density at radius 1 is 1.25 bits per heavy atom. The van der Waals surface area contributed by atoms with Crippen molar-refractivity contribution >= 4 is 41.3 Å². The lowest BCUT2D eigenvalue weighted by molar-refractivity contribution is 0.173. The zero-order valence-electron chi connectivity index (χ0n) is 13.3. The largest absolute Gasteiger partial charge is 0.492 e. The predicted molar refractivity (Wildman–Crippen MR) is 106 cm³/mol. The molecule has 24 heavy (non-hydrogen) atoms. The van der Waals surface area contributed by atoms with E-state index in [0.29, 0.717) is 13.2 Å². The molecule has 130 valence electrons. The molecule has 0 spiro atoms. The van der Waals surface area contributed by atoms with Crippen LogP contribution in [0.4, 0.5) is 0 Å². The normalized spacial score (nSPS) is 12.5. The van der Waals surface area contributed by atoms with E-state index in [4.69, 9.17) is 14.2 Å². The van der Waals surface area contributed by atoms with E-state index in [9.17, 15) is 0 Å². The summed E-state index contributed by atoms with van der Waals surface area (Å²) in [6.45, 7) is 2.20. The van der Waals surface area contributed by atoms with Gasteiger partial charge in [-0.1, -0.05) is 0 Å². The number of rotatable bonds is 6. The van der Waals surface area contributed by atoms with Crippen molar-refractivity contribution in [2.45, 2.75) is 6.54 Å². The van der Waals surface area contributed by atoms with Gasteiger partial charge in [0.1, 0.15) is 12.4 Å². The zero-order valence-corrected chi connectivity index (χ0v) is 16.4. The highest BCUT2D eigenvalue weighted by Crippen LogP contribution is 2.34. The molecular weight excluding hydrogens is 441 g/mol. The highest BCUT2D eigenvalue weighted by Gasteiger charge is 2.13. The number of hydrogen-bond acceptors (Lipinski definition) is 5. The first-order valence-corrected chi connectivity index (χ1v) is 8.27. The average molecular weight is 461 g/mol. The highest BCUT2D eigenvalue weighted by atomic mass is 127. The van der Waals surface area contributed by atoms with Gasteiger partial charge in [0.15, 0.2) is 17.5 Å². The van der Waals surface area contributed by atoms with Crippen molar-refractivity contribution in [2.24, 2.45) is 4.99 Å². The Morgan fingerprint density at radius 3 is 2.92 bits per heavy atom. The van der Waals surface area contributed by atoms with Crippen molar-refractivity contribution < 1.29 is 14.2 Å². The fourth-order valence-corrected chi connectivity index (χ4v) is 2.77. The summed E-state index contributed by atoms with van der Waals surface area (Å²) in [4.78, 5) is 4.19. The lowest BCUT2D eigenvalue weighted by Gasteiger charge is -2.12. The summed E-state index contributed by atoms with van der Waals surface area (Å²) in [6, 6.07) is 7.66. The zero-order chi connectivity index (χ0) is 15.9. The molecular formula is C16H20IN3O3S. The van der Waals surface area contributed by atoms with E-state index in [1.54, 1.807) is 18.4 Å². The minimum Gasteiger partial charge on any atom is -0.492 e. The second kappa shape index (κ2) is 9.58. The molecule has 2 heterocycles. The molecule has 8 heteroatoms. The SMILES string of the molecule is CN=C(NCCOc1ccc2c(c1)OCO2)NCc1ccsc1.I. The van der Waals surface area contributed by atoms with Gasteiger partial charge in [0.2, 0.25) is 6.79 Å². The van der Waals surface area contributed by atoms with Crippen molar-refractivity contribution in [3.8, 4) is 17.2 Å². The van der Waals surface area contributed by atoms with Crippen LogP contribution in [0.25, 0.3) is 0 Å². The van der Waals surface area contributed by atoms with E-state index in [-0.39, 0.29) is 30.8 Å². The molecule has 3 rings (SSSR count). The third kappa shape index (κ3) is 5.17. The summed E-state index contributed by atoms with van der Waals surface area (Å²) in [5.74, 6) is 3.00. The number of nitrogens with zero attached hydrogens (tertiary/aromatic N) is 1. The van der Waals surface area contributed by atoms with Crippen LogP contribution in [0.15, 0.2) is 40.0 Å². The number of ether oxygens (including phenoxy) is 3. The van der Waals surface area contributed by atoms with Crippen molar-refractivity contribution in [2.75, 3.05) is 27.0 Å². The van der Waals surface area contributed by atoms with Crippen molar-refractivity contribution in [3.05, 3.63) is 40.6 Å². The number of hydrogen-bond donors (Lipinski definition) is 2. The highest BCUT2D eigenvalue weighted by molar-refractivity contribution is 14.0. The smallest absolute Gasteiger partial charge is 0.231 e. The number of halogens is 1. The Kier molecular flexibility index (Phi) is 7.44. The van der Waals surface area contributed by atoms with Crippen LogP contribution in [0.1, 0.15) is 5.56 Å². The Morgan fingerprint density at radius 2 is 2.12 bits per heavy atom. The Bertz CT molecular complexity index is 665. The topological polar surface area (TPSA) is 64.1 Å². The Labute approximate surface area is 162 Å². The van der Waals surface area contributed by atoms with Gasteiger partial charge in [-0.3, -0.25) is 4.99 Å². The fraction of sp³-hybridized carbons (Fsp3) is 0.312. The standard InChI is InChI=1S/C16H19N3O3S.HI/c1-17-16(19-9-12-4-7-23-10-12)18-5-6-20-13-2-3-14-15(8-13)22-11-21-14;/h2-4,7-8,10H,5-6,9,11H2,1H3,(H2,17,18,19);1H. The molecule has 0 saturated heterocycles. The maximum Gasteiger partial charge on any atom is 0.231 e. The summed E-state index contributed by atoms with van der Waals surface area (Å²) in [7, 11) is 1.75. The van der Waals surface area contributed by atoms with Gasteiger partial charge in [-0.2, -0.15) is 11.3 Å². The van der Waals surface area contributed by atoms with E-state index < -0.39 is 0 Å². The molecule has 0 amide bonds. The molecule has 0 atom stereocenters. The van der Waals surface area contributed by atoms with Crippen LogP contribution in [0.3, 0.4) is 0 Å². The van der Waals surface area contributed by atoms with E-state index in [1.807, 2.05) is 18.2 Å². The van der Waals surface area contributed by atoms with E-state index in [0.717, 1.165) is 29.8 Å². The van der Waals surface area contributed by atoms with Gasteiger partial charge in [-0.15, -0.1) is 24.0 Å². The summed E-state index contributed by atoms with van der Waals surface area (Å²) < 4.78 is 16.3. The second-order valence-electron chi connectivity index (χ2n) is 4.85. The summed E-state index contributed by atoms with van der Waals surface area (Å²) >= 11 is 1.69. The molecule has 0 unspecified atom stereocenters. The number of guanidine groups is 1. The molecule has 2 aromatic rings. The fourth-order valence-electron chi connectivity index (χ4n) is 2.10. The monoisotopic (exact) mass is 461 g/mol. The third-order valence-electron chi connectivity index (χ3n) is 3.27. The van der Waals surface area contributed by atoms with Crippen molar-refractivity contribution in [1.82, 2.24) is 10.6 Å². The molecule has 0 bridgehead atoms. The quantitative estimate of drug-likeness (QED) is 0.300. The Hall–Kier alpha value is -1.68. The first-order valence-electron chi connectivity index (χ1n) is 7.33. The summed E-state index contributed by atoms with van der Waals surface area (Å²) in [5, 5.41) is 10.6. The van der Waals surface area contributed by atoms with E-state index in [2.05, 4.69) is 32.5 Å². The molecule has 6 nitrogen and oxygen atoms in total. The van der Waals surface area contributed by atoms with Crippen LogP contribution in [0, 0.1) is 0 Å². The van der Waals surface area contributed by atoms with Crippen molar-refractivity contribution in [1.29, 1.82) is 0 Å². The molecule has 1 aromatic carbocycles. The van der Waals surface area contributed by atoms with Gasteiger partial charge in [0.25, 0.3) is 0 Å². The van der Waals surface area contributed by atoms with Crippen LogP contribution < -0.4 is 24.8 Å². The van der Waals surface area contributed by atoms with Gasteiger partial charge in [-0.25, -0.2) is 0 Å². The Balaban J connectivity index is 0.00000208. The van der Waals surface area contributed by atoms with Gasteiger partial charge in [0.05, 0.1) is 6.54 Å². The first kappa shape index (κ1) is 18.7. The second-order valence-corrected chi connectivity index (χ2v) is 5.63. The number of aliphatic imine (C=N–C) groups is 1. The van der Waals surface area contributed by atoms with Gasteiger partial charge >= 0.3 is 0 Å². The minimum atomic E-state index is 0. The minimum absolute atomic E-state index is 0. The summed E-state index contributed by atoms with van der Waals surface area (Å²) in [5.41, 5.74) is 1.24. The maximum absolute atomic E-state index is 5.70. The number of nitrogens with one attached hydrogen (secondary N) is 2. The molecule has 1 aliphatic rings.